The fourth-order valence-electron chi connectivity index (χ4n) is 3.74. The van der Waals surface area contributed by atoms with E-state index < -0.39 is 0 Å². The Kier molecular flexibility index (Phi) is 7.71. The van der Waals surface area contributed by atoms with Crippen LogP contribution in [0.3, 0.4) is 0 Å². The second-order valence-electron chi connectivity index (χ2n) is 7.76. The van der Waals surface area contributed by atoms with E-state index in [4.69, 9.17) is 4.74 Å². The zero-order valence-electron chi connectivity index (χ0n) is 18.1. The van der Waals surface area contributed by atoms with E-state index in [0.717, 1.165) is 48.9 Å². The summed E-state index contributed by atoms with van der Waals surface area (Å²) in [5.41, 5.74) is 3.51. The molecule has 3 rings (SSSR count). The molecule has 2 aromatic carbocycles. The Hall–Kier alpha value is -3.02. The van der Waals surface area contributed by atoms with Gasteiger partial charge in [0.15, 0.2) is 5.96 Å². The number of carbonyl (C=O) groups is 1. The summed E-state index contributed by atoms with van der Waals surface area (Å²) < 4.78 is 5.39. The van der Waals surface area contributed by atoms with Gasteiger partial charge in [-0.3, -0.25) is 9.79 Å². The van der Waals surface area contributed by atoms with Crippen molar-refractivity contribution in [2.24, 2.45) is 10.9 Å². The molecule has 6 nitrogen and oxygen atoms in total. The molecule has 30 heavy (non-hydrogen) atoms. The minimum atomic E-state index is 0.243. The van der Waals surface area contributed by atoms with Gasteiger partial charge >= 0.3 is 0 Å². The monoisotopic (exact) mass is 408 g/mol. The minimum absolute atomic E-state index is 0.243. The number of aryl methyl sites for hydroxylation is 1. The van der Waals surface area contributed by atoms with Crippen molar-refractivity contribution in [2.75, 3.05) is 33.8 Å². The number of hydrogen-bond acceptors (Lipinski definition) is 3. The molecule has 160 valence electrons. The van der Waals surface area contributed by atoms with Crippen LogP contribution in [0.4, 0.5) is 0 Å². The highest BCUT2D eigenvalue weighted by atomic mass is 16.5. The van der Waals surface area contributed by atoms with E-state index in [1.165, 1.54) is 5.56 Å². The van der Waals surface area contributed by atoms with Gasteiger partial charge in [-0.2, -0.15) is 0 Å². The maximum absolute atomic E-state index is 12.4. The number of hydrogen-bond donors (Lipinski definition) is 2. The third-order valence-electron chi connectivity index (χ3n) is 5.52. The van der Waals surface area contributed by atoms with Crippen molar-refractivity contribution in [3.63, 3.8) is 0 Å². The Morgan fingerprint density at radius 3 is 2.70 bits per heavy atom. The van der Waals surface area contributed by atoms with Crippen LogP contribution >= 0.6 is 0 Å². The quantitative estimate of drug-likeness (QED) is 0.521. The number of methoxy groups -OCH3 is 1. The summed E-state index contributed by atoms with van der Waals surface area (Å²) in [7, 11) is 3.45. The number of likely N-dealkylation sites (tertiary alicyclic amines) is 1. The lowest BCUT2D eigenvalue weighted by Crippen LogP contribution is -2.40. The zero-order valence-corrected chi connectivity index (χ0v) is 18.1. The topological polar surface area (TPSA) is 66.0 Å². The van der Waals surface area contributed by atoms with Gasteiger partial charge in [-0.15, -0.1) is 0 Å². The lowest BCUT2D eigenvalue weighted by Gasteiger charge is -2.18. The standard InChI is InChI=1S/C24H32N4O2/c1-18-9-10-20(13-22(18)30-3)15-26-24(25-2)27-16-21-14-23(29)28(17-21)12-11-19-7-5-4-6-8-19/h4-10,13,21H,11-12,14-17H2,1-3H3,(H2,25,26,27). The fourth-order valence-corrected chi connectivity index (χ4v) is 3.74. The smallest absolute Gasteiger partial charge is 0.223 e. The molecule has 0 aromatic heterocycles. The van der Waals surface area contributed by atoms with Gasteiger partial charge < -0.3 is 20.3 Å². The summed E-state index contributed by atoms with van der Waals surface area (Å²) in [6.07, 6.45) is 1.49. The van der Waals surface area contributed by atoms with Crippen molar-refractivity contribution in [3.05, 3.63) is 65.2 Å². The second kappa shape index (κ2) is 10.7. The third kappa shape index (κ3) is 5.99. The molecule has 6 heteroatoms. The molecular weight excluding hydrogens is 376 g/mol. The normalized spacial score (nSPS) is 16.6. The number of nitrogens with zero attached hydrogens (tertiary/aromatic N) is 2. The van der Waals surface area contributed by atoms with Crippen LogP contribution in [0, 0.1) is 12.8 Å². The number of amides is 1. The molecule has 1 atom stereocenters. The summed E-state index contributed by atoms with van der Waals surface area (Å²) in [4.78, 5) is 18.6. The average Bonchev–Trinajstić information content (AvgIpc) is 3.13. The van der Waals surface area contributed by atoms with Crippen molar-refractivity contribution in [1.29, 1.82) is 0 Å². The van der Waals surface area contributed by atoms with Crippen LogP contribution in [0.1, 0.15) is 23.1 Å². The first-order chi connectivity index (χ1) is 14.6. The van der Waals surface area contributed by atoms with E-state index in [2.05, 4.69) is 39.9 Å². The summed E-state index contributed by atoms with van der Waals surface area (Å²) in [6.45, 7) is 4.99. The number of nitrogens with one attached hydrogen (secondary N) is 2. The molecule has 0 radical (unpaired) electrons. The molecule has 1 fully saturated rings. The van der Waals surface area contributed by atoms with E-state index in [1.807, 2.05) is 36.1 Å². The molecule has 1 amide bonds. The number of rotatable bonds is 8. The van der Waals surface area contributed by atoms with Crippen LogP contribution in [0.2, 0.25) is 0 Å². The Morgan fingerprint density at radius 2 is 1.97 bits per heavy atom. The van der Waals surface area contributed by atoms with Crippen LogP contribution in [-0.2, 0) is 17.8 Å². The first-order valence-electron chi connectivity index (χ1n) is 10.5. The number of aliphatic imine (C=N–C) groups is 1. The summed E-state index contributed by atoms with van der Waals surface area (Å²) in [5.74, 6) is 2.17. The van der Waals surface area contributed by atoms with E-state index in [9.17, 15) is 4.79 Å². The van der Waals surface area contributed by atoms with Crippen molar-refractivity contribution in [3.8, 4) is 5.75 Å². The van der Waals surface area contributed by atoms with E-state index in [-0.39, 0.29) is 5.91 Å². The van der Waals surface area contributed by atoms with E-state index in [1.54, 1.807) is 14.2 Å². The van der Waals surface area contributed by atoms with Crippen LogP contribution in [-0.4, -0.2) is 50.6 Å². The third-order valence-corrected chi connectivity index (χ3v) is 5.52. The van der Waals surface area contributed by atoms with Gasteiger partial charge in [0.05, 0.1) is 7.11 Å². The van der Waals surface area contributed by atoms with E-state index in [0.29, 0.717) is 18.9 Å². The lowest BCUT2D eigenvalue weighted by molar-refractivity contribution is -0.127. The highest BCUT2D eigenvalue weighted by Gasteiger charge is 2.29. The maximum Gasteiger partial charge on any atom is 0.223 e. The van der Waals surface area contributed by atoms with Crippen LogP contribution in [0.25, 0.3) is 0 Å². The molecule has 1 heterocycles. The molecule has 1 unspecified atom stereocenters. The lowest BCUT2D eigenvalue weighted by atomic mass is 10.1. The number of ether oxygens (including phenoxy) is 1. The van der Waals surface area contributed by atoms with Gasteiger partial charge in [0.25, 0.3) is 0 Å². The van der Waals surface area contributed by atoms with Gasteiger partial charge in [0.2, 0.25) is 5.91 Å². The van der Waals surface area contributed by atoms with Gasteiger partial charge in [0, 0.05) is 45.6 Å². The van der Waals surface area contributed by atoms with Crippen molar-refractivity contribution >= 4 is 11.9 Å². The molecule has 1 aliphatic heterocycles. The van der Waals surface area contributed by atoms with Gasteiger partial charge in [-0.1, -0.05) is 42.5 Å². The van der Waals surface area contributed by atoms with Crippen molar-refractivity contribution in [1.82, 2.24) is 15.5 Å². The minimum Gasteiger partial charge on any atom is -0.496 e. The first kappa shape index (κ1) is 21.7. The van der Waals surface area contributed by atoms with E-state index >= 15 is 0 Å². The molecule has 2 N–H and O–H groups in total. The number of carbonyl (C=O) groups excluding carboxylic acids is 1. The summed E-state index contributed by atoms with van der Waals surface area (Å²) in [6, 6.07) is 16.5. The Morgan fingerprint density at radius 1 is 1.17 bits per heavy atom. The highest BCUT2D eigenvalue weighted by molar-refractivity contribution is 5.80. The zero-order chi connectivity index (χ0) is 21.3. The maximum atomic E-state index is 12.4. The SMILES string of the molecule is CN=C(NCc1ccc(C)c(OC)c1)NCC1CC(=O)N(CCc2ccccc2)C1. The Bertz CT molecular complexity index is 867. The molecule has 1 aliphatic rings. The Balaban J connectivity index is 1.43. The first-order valence-corrected chi connectivity index (χ1v) is 10.5. The number of guanidine groups is 1. The molecule has 0 spiro atoms. The second-order valence-corrected chi connectivity index (χ2v) is 7.76. The molecule has 0 aliphatic carbocycles. The molecule has 2 aromatic rings. The summed E-state index contributed by atoms with van der Waals surface area (Å²) in [5, 5.41) is 6.70. The van der Waals surface area contributed by atoms with Gasteiger partial charge in [0.1, 0.15) is 5.75 Å². The van der Waals surface area contributed by atoms with Crippen molar-refractivity contribution in [2.45, 2.75) is 26.3 Å². The predicted octanol–water partition coefficient (Wildman–Crippen LogP) is 2.76. The van der Waals surface area contributed by atoms with Crippen LogP contribution in [0.5, 0.6) is 5.75 Å². The molecular formula is C24H32N4O2. The molecule has 0 bridgehead atoms. The fraction of sp³-hybridized carbons (Fsp3) is 0.417. The van der Waals surface area contributed by atoms with Crippen LogP contribution < -0.4 is 15.4 Å². The predicted molar refractivity (Wildman–Crippen MR) is 121 cm³/mol. The highest BCUT2D eigenvalue weighted by Crippen LogP contribution is 2.19. The molecule has 0 saturated carbocycles. The van der Waals surface area contributed by atoms with Gasteiger partial charge in [-0.25, -0.2) is 0 Å². The van der Waals surface area contributed by atoms with Gasteiger partial charge in [-0.05, 0) is 36.1 Å². The number of benzene rings is 2. The average molecular weight is 409 g/mol. The summed E-state index contributed by atoms with van der Waals surface area (Å²) >= 11 is 0. The van der Waals surface area contributed by atoms with Crippen molar-refractivity contribution < 1.29 is 9.53 Å². The molecule has 1 saturated heterocycles. The largest absolute Gasteiger partial charge is 0.496 e. The Labute approximate surface area is 179 Å². The van der Waals surface area contributed by atoms with Crippen LogP contribution in [0.15, 0.2) is 53.5 Å².